The van der Waals surface area contributed by atoms with Gasteiger partial charge in [-0.1, -0.05) is 139 Å². The molecular formula is C48H46Br2O4S2. The van der Waals surface area contributed by atoms with Gasteiger partial charge < -0.3 is 0 Å². The Morgan fingerprint density at radius 2 is 0.571 bits per heavy atom. The Morgan fingerprint density at radius 1 is 0.375 bits per heavy atom. The third-order valence-electron chi connectivity index (χ3n) is 10.5. The van der Waals surface area contributed by atoms with E-state index in [1.165, 1.54) is 0 Å². The van der Waals surface area contributed by atoms with E-state index in [2.05, 4.69) is 97.7 Å². The van der Waals surface area contributed by atoms with Crippen LogP contribution in [0.2, 0.25) is 0 Å². The van der Waals surface area contributed by atoms with Crippen LogP contribution in [0.1, 0.15) is 74.9 Å². The molecule has 0 aromatic heterocycles. The van der Waals surface area contributed by atoms with E-state index in [4.69, 9.17) is 0 Å². The van der Waals surface area contributed by atoms with Gasteiger partial charge in [-0.15, -0.1) is 0 Å². The lowest BCUT2D eigenvalue weighted by atomic mass is 9.83. The number of benzene rings is 6. The standard InChI is InChI=1S/C48H46Br2O4S2/c1-47(2,3)39-23-41-35-15-7-31(8-16-35)27-55(51,52)29-33-11-19-37(20-12-33)43-25-40(48(4,5)6)26-44(46(43)50)38-21-13-34(14-22-38)30-56(53,54)28-32-9-17-36(18-10-32)42(24-39)45(41)49/h7-26H,27-30H2,1-6H3. The van der Waals surface area contributed by atoms with Gasteiger partial charge in [0.2, 0.25) is 0 Å². The zero-order valence-corrected chi connectivity index (χ0v) is 37.4. The van der Waals surface area contributed by atoms with Crippen LogP contribution in [0, 0.1) is 0 Å². The highest BCUT2D eigenvalue weighted by molar-refractivity contribution is 9.11. The SMILES string of the molecule is CC(C)(C)c1cc2c(Br)c(c1)-c1ccc(cc1)CS(=O)(=O)Cc1ccc(cc1)-c1cc(C(C)(C)C)cc(c1Br)-c1ccc(cc1)CS(=O)(=O)Cc1ccc-2cc1. The van der Waals surface area contributed by atoms with Crippen molar-refractivity contribution >= 4 is 51.5 Å². The van der Waals surface area contributed by atoms with E-state index in [9.17, 15) is 16.8 Å². The molecule has 0 radical (unpaired) electrons. The third-order valence-corrected chi connectivity index (χ3v) is 15.3. The van der Waals surface area contributed by atoms with Crippen molar-refractivity contribution in [3.05, 3.63) is 164 Å². The first kappa shape index (κ1) is 40.4. The number of rotatable bonds is 0. The Hall–Kier alpha value is -3.82. The van der Waals surface area contributed by atoms with Crippen LogP contribution in [0.15, 0.2) is 130 Å². The summed E-state index contributed by atoms with van der Waals surface area (Å²) in [7, 11) is -6.93. The van der Waals surface area contributed by atoms with E-state index in [-0.39, 0.29) is 33.8 Å². The minimum absolute atomic E-state index is 0.0626. The molecule has 56 heavy (non-hydrogen) atoms. The Balaban J connectivity index is 1.34. The molecule has 0 saturated carbocycles. The average molecular weight is 911 g/mol. The largest absolute Gasteiger partial charge is 0.228 e. The van der Waals surface area contributed by atoms with Crippen LogP contribution >= 0.6 is 31.9 Å². The Labute approximate surface area is 349 Å². The summed E-state index contributed by atoms with van der Waals surface area (Å²) in [5.74, 6) is -0.250. The van der Waals surface area contributed by atoms with Gasteiger partial charge in [-0.05, 0) is 145 Å². The van der Waals surface area contributed by atoms with E-state index in [0.29, 0.717) is 0 Å². The van der Waals surface area contributed by atoms with Crippen LogP contribution in [0.25, 0.3) is 44.5 Å². The topological polar surface area (TPSA) is 68.3 Å². The third kappa shape index (κ3) is 8.99. The highest BCUT2D eigenvalue weighted by Gasteiger charge is 2.23. The summed E-state index contributed by atoms with van der Waals surface area (Å²) < 4.78 is 56.1. The smallest absolute Gasteiger partial charge is 0.158 e. The van der Waals surface area contributed by atoms with Crippen LogP contribution in [0.4, 0.5) is 0 Å². The zero-order chi connectivity index (χ0) is 40.2. The van der Waals surface area contributed by atoms with Crippen molar-refractivity contribution in [2.45, 2.75) is 75.4 Å². The van der Waals surface area contributed by atoms with Crippen molar-refractivity contribution in [1.29, 1.82) is 0 Å². The fraction of sp³-hybridized carbons (Fsp3) is 0.250. The highest BCUT2D eigenvalue weighted by Crippen LogP contribution is 2.43. The maximum Gasteiger partial charge on any atom is 0.158 e. The zero-order valence-electron chi connectivity index (χ0n) is 32.6. The second kappa shape index (κ2) is 15.2. The Bertz CT molecular complexity index is 2310. The molecule has 7 aliphatic rings. The van der Waals surface area contributed by atoms with Crippen LogP contribution < -0.4 is 0 Å². The van der Waals surface area contributed by atoms with E-state index in [1.807, 2.05) is 97.1 Å². The molecule has 4 nitrogen and oxygen atoms in total. The van der Waals surface area contributed by atoms with E-state index < -0.39 is 19.7 Å². The molecule has 0 spiro atoms. The summed E-state index contributed by atoms with van der Waals surface area (Å²) >= 11 is 7.82. The lowest BCUT2D eigenvalue weighted by Crippen LogP contribution is -2.12. The van der Waals surface area contributed by atoms with Crippen molar-refractivity contribution < 1.29 is 16.8 Å². The van der Waals surface area contributed by atoms with Gasteiger partial charge >= 0.3 is 0 Å². The lowest BCUT2D eigenvalue weighted by molar-refractivity contribution is 0.590. The van der Waals surface area contributed by atoms with Crippen molar-refractivity contribution in [2.24, 2.45) is 0 Å². The molecule has 288 valence electrons. The van der Waals surface area contributed by atoms with Crippen molar-refractivity contribution in [1.82, 2.24) is 0 Å². The average Bonchev–Trinajstić information content (AvgIpc) is 3.11. The predicted octanol–water partition coefficient (Wildman–Crippen LogP) is 13.0. The number of hydrogen-bond donors (Lipinski definition) is 0. The Kier molecular flexibility index (Phi) is 10.9. The normalized spacial score (nSPS) is 15.4. The minimum atomic E-state index is -3.46. The quantitative estimate of drug-likeness (QED) is 0.152. The molecule has 0 aliphatic carbocycles. The predicted molar refractivity (Wildman–Crippen MR) is 240 cm³/mol. The second-order valence-electron chi connectivity index (χ2n) is 17.1. The summed E-state index contributed by atoms with van der Waals surface area (Å²) in [4.78, 5) is 0. The first-order valence-corrected chi connectivity index (χ1v) is 23.9. The van der Waals surface area contributed by atoms with Gasteiger partial charge in [0.1, 0.15) is 0 Å². The molecule has 0 atom stereocenters. The van der Waals surface area contributed by atoms with Gasteiger partial charge in [-0.25, -0.2) is 16.8 Å². The molecule has 6 aromatic carbocycles. The van der Waals surface area contributed by atoms with E-state index in [1.54, 1.807) is 0 Å². The maximum absolute atomic E-state index is 13.6. The molecule has 8 heteroatoms. The summed E-state index contributed by atoms with van der Waals surface area (Å²) in [6.07, 6.45) is 0. The molecule has 0 N–H and O–H groups in total. The monoisotopic (exact) mass is 908 g/mol. The van der Waals surface area contributed by atoms with Crippen molar-refractivity contribution in [3.63, 3.8) is 0 Å². The molecule has 7 heterocycles. The first-order valence-electron chi connectivity index (χ1n) is 18.7. The second-order valence-corrected chi connectivity index (χ2v) is 22.8. The highest BCUT2D eigenvalue weighted by atomic mass is 79.9. The van der Waals surface area contributed by atoms with Crippen molar-refractivity contribution in [3.8, 4) is 44.5 Å². The summed E-state index contributed by atoms with van der Waals surface area (Å²) in [6.45, 7) is 13.1. The van der Waals surface area contributed by atoms with Gasteiger partial charge in [0.25, 0.3) is 0 Å². The molecular weight excluding hydrogens is 864 g/mol. The number of sulfone groups is 2. The van der Waals surface area contributed by atoms with Gasteiger partial charge in [0.15, 0.2) is 19.7 Å². The fourth-order valence-electron chi connectivity index (χ4n) is 7.20. The van der Waals surface area contributed by atoms with Gasteiger partial charge in [-0.2, -0.15) is 0 Å². The van der Waals surface area contributed by atoms with Crippen LogP contribution in [-0.4, -0.2) is 16.8 Å². The number of hydrogen-bond acceptors (Lipinski definition) is 4. The molecule has 0 fully saturated rings. The minimum Gasteiger partial charge on any atom is -0.228 e. The molecule has 0 amide bonds. The molecule has 12 bridgehead atoms. The van der Waals surface area contributed by atoms with Crippen LogP contribution in [0.3, 0.4) is 0 Å². The molecule has 7 aliphatic heterocycles. The molecule has 13 rings (SSSR count). The van der Waals surface area contributed by atoms with Gasteiger partial charge in [0, 0.05) is 8.95 Å². The fourth-order valence-corrected chi connectivity index (χ4v) is 11.6. The van der Waals surface area contributed by atoms with Gasteiger partial charge in [0.05, 0.1) is 23.0 Å². The van der Waals surface area contributed by atoms with E-state index in [0.717, 1.165) is 86.8 Å². The van der Waals surface area contributed by atoms with Crippen LogP contribution in [-0.2, 0) is 53.5 Å². The van der Waals surface area contributed by atoms with Gasteiger partial charge in [-0.3, -0.25) is 0 Å². The first-order chi connectivity index (χ1) is 26.2. The molecule has 0 unspecified atom stereocenters. The summed E-state index contributed by atoms with van der Waals surface area (Å²) in [5.41, 5.74) is 12.8. The molecule has 6 aromatic rings. The maximum atomic E-state index is 13.6. The molecule has 0 saturated heterocycles. The Morgan fingerprint density at radius 3 is 0.750 bits per heavy atom. The van der Waals surface area contributed by atoms with E-state index >= 15 is 0 Å². The van der Waals surface area contributed by atoms with Crippen molar-refractivity contribution in [2.75, 3.05) is 0 Å². The lowest BCUT2D eigenvalue weighted by Gasteiger charge is -2.23. The number of halogens is 2. The summed E-state index contributed by atoms with van der Waals surface area (Å²) in [5, 5.41) is 0. The summed E-state index contributed by atoms with van der Waals surface area (Å²) in [6, 6.07) is 39.9. The van der Waals surface area contributed by atoms with Crippen LogP contribution in [0.5, 0.6) is 0 Å².